The first kappa shape index (κ1) is 16.8. The number of nitrogens with zero attached hydrogens (tertiary/aromatic N) is 1. The molecule has 0 saturated carbocycles. The van der Waals surface area contributed by atoms with E-state index in [0.717, 1.165) is 27.4 Å². The lowest BCUT2D eigenvalue weighted by Crippen LogP contribution is -2.08. The Morgan fingerprint density at radius 3 is 2.50 bits per heavy atom. The number of non-ortho nitro benzene ring substituents is 1. The third kappa shape index (κ3) is 2.53. The van der Waals surface area contributed by atoms with Gasteiger partial charge >= 0.3 is 0 Å². The molecule has 3 aromatic rings. The van der Waals surface area contributed by atoms with Crippen molar-refractivity contribution in [1.29, 1.82) is 0 Å². The minimum Gasteiger partial charge on any atom is -0.354 e. The number of fused-ring (bicyclic) bond motifs is 3. The van der Waals surface area contributed by atoms with Gasteiger partial charge in [0.05, 0.1) is 21.6 Å². The average Bonchev–Trinajstić information content (AvgIpc) is 2.88. The van der Waals surface area contributed by atoms with Crippen LogP contribution in [0.25, 0.3) is 5.70 Å². The number of hydrogen-bond acceptors (Lipinski definition) is 5. The molecule has 5 nitrogen and oxygen atoms in total. The smallest absolute Gasteiger partial charge is 0.269 e. The lowest BCUT2D eigenvalue weighted by Gasteiger charge is -2.17. The fraction of sp³-hybridized carbons (Fsp3) is 0.0455. The van der Waals surface area contributed by atoms with Crippen molar-refractivity contribution in [3.63, 3.8) is 0 Å². The van der Waals surface area contributed by atoms with E-state index in [4.69, 9.17) is 0 Å². The van der Waals surface area contributed by atoms with Crippen LogP contribution in [-0.2, 0) is 0 Å². The fourth-order valence-electron chi connectivity index (χ4n) is 3.72. The zero-order valence-corrected chi connectivity index (χ0v) is 15.4. The highest BCUT2D eigenvalue weighted by Gasteiger charge is 2.38. The maximum atomic E-state index is 13.3. The molecule has 0 bridgehead atoms. The van der Waals surface area contributed by atoms with Crippen LogP contribution in [-0.4, -0.2) is 10.7 Å². The molecule has 1 atom stereocenters. The highest BCUT2D eigenvalue weighted by molar-refractivity contribution is 8.00. The van der Waals surface area contributed by atoms with Crippen LogP contribution in [0.4, 0.5) is 11.4 Å². The van der Waals surface area contributed by atoms with E-state index in [9.17, 15) is 14.9 Å². The SMILES string of the molecule is O=C1C2=C(Nc3ccccc3S[C@@H]2c2cccc([N+](=O)[O-])c2)c2ccccc21. The monoisotopic (exact) mass is 386 g/mol. The quantitative estimate of drug-likeness (QED) is 0.468. The Labute approximate surface area is 165 Å². The first-order valence-corrected chi connectivity index (χ1v) is 9.67. The Morgan fingerprint density at radius 1 is 0.929 bits per heavy atom. The molecule has 6 heteroatoms. The number of carbonyl (C=O) groups is 1. The number of para-hydroxylation sites is 1. The Balaban J connectivity index is 1.74. The highest BCUT2D eigenvalue weighted by atomic mass is 32.2. The van der Waals surface area contributed by atoms with Crippen LogP contribution in [0.2, 0.25) is 0 Å². The third-order valence-electron chi connectivity index (χ3n) is 4.99. The first-order valence-electron chi connectivity index (χ1n) is 8.79. The topological polar surface area (TPSA) is 72.2 Å². The Bertz CT molecular complexity index is 1190. The minimum atomic E-state index is -0.405. The lowest BCUT2D eigenvalue weighted by atomic mass is 10.0. The van der Waals surface area contributed by atoms with Crippen molar-refractivity contribution in [3.8, 4) is 0 Å². The normalized spacial score (nSPS) is 17.3. The van der Waals surface area contributed by atoms with Gasteiger partial charge in [0, 0.05) is 33.7 Å². The molecule has 0 amide bonds. The Kier molecular flexibility index (Phi) is 3.80. The van der Waals surface area contributed by atoms with Crippen molar-refractivity contribution in [2.24, 2.45) is 0 Å². The van der Waals surface area contributed by atoms with Crippen molar-refractivity contribution < 1.29 is 9.72 Å². The number of Topliss-reactive ketones (excluding diaryl/α,β-unsaturated/α-hetero) is 1. The fourth-order valence-corrected chi connectivity index (χ4v) is 5.00. The molecule has 2 aliphatic rings. The zero-order valence-electron chi connectivity index (χ0n) is 14.6. The van der Waals surface area contributed by atoms with Gasteiger partial charge < -0.3 is 5.32 Å². The second kappa shape index (κ2) is 6.35. The van der Waals surface area contributed by atoms with E-state index in [-0.39, 0.29) is 16.7 Å². The molecule has 1 aliphatic carbocycles. The summed E-state index contributed by atoms with van der Waals surface area (Å²) in [4.78, 5) is 25.2. The lowest BCUT2D eigenvalue weighted by molar-refractivity contribution is -0.384. The molecule has 1 aliphatic heterocycles. The number of thioether (sulfide) groups is 1. The van der Waals surface area contributed by atoms with Crippen molar-refractivity contribution in [2.45, 2.75) is 10.1 Å². The first-order chi connectivity index (χ1) is 13.6. The number of nitrogens with one attached hydrogen (secondary N) is 1. The van der Waals surface area contributed by atoms with Gasteiger partial charge in [-0.3, -0.25) is 14.9 Å². The number of carbonyl (C=O) groups excluding carboxylic acids is 1. The number of rotatable bonds is 2. The van der Waals surface area contributed by atoms with Gasteiger partial charge in [-0.1, -0.05) is 48.5 Å². The molecule has 1 heterocycles. The van der Waals surface area contributed by atoms with E-state index >= 15 is 0 Å². The second-order valence-electron chi connectivity index (χ2n) is 6.63. The van der Waals surface area contributed by atoms with Crippen LogP contribution in [0.3, 0.4) is 0 Å². The summed E-state index contributed by atoms with van der Waals surface area (Å²) >= 11 is 1.54. The maximum Gasteiger partial charge on any atom is 0.269 e. The predicted octanol–water partition coefficient (Wildman–Crippen LogP) is 5.46. The third-order valence-corrected chi connectivity index (χ3v) is 6.35. The number of hydrogen-bond donors (Lipinski definition) is 1. The largest absolute Gasteiger partial charge is 0.354 e. The molecule has 3 aromatic carbocycles. The Morgan fingerprint density at radius 2 is 1.68 bits per heavy atom. The molecule has 1 N–H and O–H groups in total. The van der Waals surface area contributed by atoms with E-state index in [0.29, 0.717) is 11.1 Å². The van der Waals surface area contributed by atoms with Crippen molar-refractivity contribution >= 4 is 34.6 Å². The van der Waals surface area contributed by atoms with Crippen molar-refractivity contribution in [2.75, 3.05) is 5.32 Å². The summed E-state index contributed by atoms with van der Waals surface area (Å²) in [5.41, 5.74) is 4.65. The van der Waals surface area contributed by atoms with Crippen LogP contribution in [0.5, 0.6) is 0 Å². The Hall–Kier alpha value is -3.38. The van der Waals surface area contributed by atoms with Gasteiger partial charge in [-0.05, 0) is 17.7 Å². The predicted molar refractivity (Wildman–Crippen MR) is 109 cm³/mol. The molecule has 136 valence electrons. The highest BCUT2D eigenvalue weighted by Crippen LogP contribution is 2.52. The molecule has 0 saturated heterocycles. The summed E-state index contributed by atoms with van der Waals surface area (Å²) in [6.45, 7) is 0. The van der Waals surface area contributed by atoms with E-state index in [2.05, 4.69) is 5.32 Å². The molecule has 0 fully saturated rings. The molecule has 5 rings (SSSR count). The summed E-state index contributed by atoms with van der Waals surface area (Å²) < 4.78 is 0. The zero-order chi connectivity index (χ0) is 19.3. The van der Waals surface area contributed by atoms with Gasteiger partial charge in [0.2, 0.25) is 0 Å². The molecule has 0 radical (unpaired) electrons. The number of anilines is 1. The van der Waals surface area contributed by atoms with E-state index < -0.39 is 4.92 Å². The number of nitro benzene ring substituents is 1. The van der Waals surface area contributed by atoms with Crippen LogP contribution in [0.15, 0.2) is 83.3 Å². The molecule has 0 unspecified atom stereocenters. The second-order valence-corrected chi connectivity index (χ2v) is 7.78. The number of benzene rings is 3. The molecule has 0 spiro atoms. The van der Waals surface area contributed by atoms with Gasteiger partial charge in [-0.15, -0.1) is 11.8 Å². The van der Waals surface area contributed by atoms with Crippen LogP contribution < -0.4 is 5.32 Å². The average molecular weight is 386 g/mol. The summed E-state index contributed by atoms with van der Waals surface area (Å²) in [5, 5.41) is 14.4. The summed E-state index contributed by atoms with van der Waals surface area (Å²) in [6.07, 6.45) is 0. The van der Waals surface area contributed by atoms with Crippen LogP contribution in [0, 0.1) is 10.1 Å². The molecular weight excluding hydrogens is 372 g/mol. The van der Waals surface area contributed by atoms with E-state index in [1.807, 2.05) is 54.6 Å². The van der Waals surface area contributed by atoms with Gasteiger partial charge in [0.1, 0.15) is 0 Å². The molecule has 28 heavy (non-hydrogen) atoms. The molecular formula is C22H14N2O3S. The van der Waals surface area contributed by atoms with Crippen molar-refractivity contribution in [3.05, 3.63) is 105 Å². The van der Waals surface area contributed by atoms with E-state index in [1.54, 1.807) is 12.1 Å². The summed E-state index contributed by atoms with van der Waals surface area (Å²) in [7, 11) is 0. The number of ketones is 1. The van der Waals surface area contributed by atoms with Gasteiger partial charge in [0.15, 0.2) is 5.78 Å². The standard InChI is InChI=1S/C22H14N2O3S/c25-21-16-9-2-1-8-15(16)20-19(21)22(13-6-5-7-14(12-13)24(26)27)28-18-11-4-3-10-17(18)23-20/h1-12,22-23H/t22-/m1/s1. The summed E-state index contributed by atoms with van der Waals surface area (Å²) in [5.74, 6) is -0.0325. The van der Waals surface area contributed by atoms with Crippen LogP contribution in [0.1, 0.15) is 26.7 Å². The summed E-state index contributed by atoms with van der Waals surface area (Å²) in [6, 6.07) is 22.0. The van der Waals surface area contributed by atoms with E-state index in [1.165, 1.54) is 17.8 Å². The maximum absolute atomic E-state index is 13.3. The van der Waals surface area contributed by atoms with Crippen molar-refractivity contribution in [1.82, 2.24) is 0 Å². The van der Waals surface area contributed by atoms with Gasteiger partial charge in [0.25, 0.3) is 5.69 Å². The van der Waals surface area contributed by atoms with Crippen LogP contribution >= 0.6 is 11.8 Å². The minimum absolute atomic E-state index is 0.0219. The van der Waals surface area contributed by atoms with Gasteiger partial charge in [-0.2, -0.15) is 0 Å². The van der Waals surface area contributed by atoms with Gasteiger partial charge in [-0.25, -0.2) is 0 Å². The number of nitro groups is 1. The molecule has 0 aromatic heterocycles.